The molecular weight excluding hydrogens is 472 g/mol. The lowest BCUT2D eigenvalue weighted by atomic mass is 9.95. The molecule has 1 atom stereocenters. The predicted molar refractivity (Wildman–Crippen MR) is 126 cm³/mol. The predicted octanol–water partition coefficient (Wildman–Crippen LogP) is 0.640. The van der Waals surface area contributed by atoms with Crippen molar-refractivity contribution >= 4 is 29.1 Å². The van der Waals surface area contributed by atoms with Crippen molar-refractivity contribution in [2.75, 3.05) is 52.6 Å². The molecule has 0 saturated carbocycles. The Balaban J connectivity index is 1.48. The molecule has 2 aromatic carbocycles. The van der Waals surface area contributed by atoms with Gasteiger partial charge in [-0.1, -0.05) is 35.6 Å². The number of hydrogen-bond acceptors (Lipinski definition) is 6. The normalized spacial score (nSPS) is 22.0. The van der Waals surface area contributed by atoms with Crippen molar-refractivity contribution in [2.24, 2.45) is 0 Å². The van der Waals surface area contributed by atoms with Gasteiger partial charge in [-0.05, 0) is 35.4 Å². The molecule has 1 amide bonds. The summed E-state index contributed by atoms with van der Waals surface area (Å²) in [5.41, 5.74) is 0.848. The van der Waals surface area contributed by atoms with Gasteiger partial charge in [-0.3, -0.25) is 9.59 Å². The average Bonchev–Trinajstić information content (AvgIpc) is 3.13. The van der Waals surface area contributed by atoms with Crippen molar-refractivity contribution in [2.45, 2.75) is 12.5 Å². The Hall–Kier alpha value is -3.07. The van der Waals surface area contributed by atoms with Gasteiger partial charge in [0.2, 0.25) is 5.78 Å². The molecule has 2 saturated heterocycles. The third-order valence-corrected chi connectivity index (χ3v) is 6.86. The highest BCUT2D eigenvalue weighted by Gasteiger charge is 2.44. The van der Waals surface area contributed by atoms with E-state index in [0.717, 1.165) is 32.8 Å². The van der Waals surface area contributed by atoms with E-state index in [4.69, 9.17) is 25.8 Å². The van der Waals surface area contributed by atoms with Crippen LogP contribution in [-0.4, -0.2) is 69.2 Å². The molecule has 0 bridgehead atoms. The molecule has 2 aromatic rings. The van der Waals surface area contributed by atoms with E-state index in [0.29, 0.717) is 48.3 Å². The number of benzene rings is 2. The lowest BCUT2D eigenvalue weighted by Crippen LogP contribution is -3.14. The second-order valence-electron chi connectivity index (χ2n) is 8.85. The van der Waals surface area contributed by atoms with Gasteiger partial charge < -0.3 is 29.1 Å². The van der Waals surface area contributed by atoms with E-state index in [1.807, 2.05) is 0 Å². The number of carbonyl (C=O) groups excluding carboxylic acids is 2. The van der Waals surface area contributed by atoms with Gasteiger partial charge in [0.25, 0.3) is 5.91 Å². The minimum absolute atomic E-state index is 0.0623. The first-order valence-corrected chi connectivity index (χ1v) is 12.2. The maximum atomic E-state index is 13.6. The fourth-order valence-electron chi connectivity index (χ4n) is 4.87. The van der Waals surface area contributed by atoms with Gasteiger partial charge in [-0.2, -0.15) is 0 Å². The molecule has 2 fully saturated rings. The van der Waals surface area contributed by atoms with Crippen LogP contribution in [0.25, 0.3) is 5.76 Å². The van der Waals surface area contributed by atoms with Gasteiger partial charge in [0.1, 0.15) is 26.3 Å². The molecule has 1 unspecified atom stereocenters. The van der Waals surface area contributed by atoms with Crippen molar-refractivity contribution in [1.82, 2.24) is 4.90 Å². The Labute approximate surface area is 208 Å². The average molecular weight is 499 g/mol. The molecule has 184 valence electrons. The molecule has 5 rings (SSSR count). The van der Waals surface area contributed by atoms with Gasteiger partial charge >= 0.3 is 0 Å². The smallest absolute Gasteiger partial charge is 0.295 e. The lowest BCUT2D eigenvalue weighted by Gasteiger charge is -2.29. The molecule has 1 N–H and O–H groups in total. The SMILES string of the molecule is O=C1C(=O)N(CCC[NH+]2CCOCC2)C(c2cccc(Cl)c2)/C1=C(\[O-])c1ccc2c(c1)OCCO2. The minimum Gasteiger partial charge on any atom is -0.872 e. The largest absolute Gasteiger partial charge is 0.872 e. The standard InChI is InChI=1S/C26H27ClN2O6/c27-19-4-1-3-17(15-19)23-22(24(30)18-5-6-20-21(16-18)35-14-13-34-20)25(31)26(32)29(23)8-2-7-28-9-11-33-12-10-28/h1,3-6,15-16,23,30H,2,7-14H2/b24-22+. The van der Waals surface area contributed by atoms with Crippen molar-refractivity contribution in [3.05, 3.63) is 64.2 Å². The maximum absolute atomic E-state index is 13.6. The number of quaternary nitrogens is 1. The fraction of sp³-hybridized carbons (Fsp3) is 0.385. The van der Waals surface area contributed by atoms with Crippen LogP contribution in [0.3, 0.4) is 0 Å². The van der Waals surface area contributed by atoms with Crippen LogP contribution in [0.5, 0.6) is 11.5 Å². The van der Waals surface area contributed by atoms with Crippen molar-refractivity contribution in [3.8, 4) is 11.5 Å². The van der Waals surface area contributed by atoms with Crippen molar-refractivity contribution < 1.29 is 33.8 Å². The summed E-state index contributed by atoms with van der Waals surface area (Å²) >= 11 is 6.25. The zero-order valence-electron chi connectivity index (χ0n) is 19.3. The number of amides is 1. The van der Waals surface area contributed by atoms with E-state index < -0.39 is 23.5 Å². The minimum atomic E-state index is -0.797. The Morgan fingerprint density at radius 2 is 1.80 bits per heavy atom. The van der Waals surface area contributed by atoms with Crippen molar-refractivity contribution in [3.63, 3.8) is 0 Å². The Morgan fingerprint density at radius 3 is 2.57 bits per heavy atom. The number of hydrogen-bond donors (Lipinski definition) is 1. The summed E-state index contributed by atoms with van der Waals surface area (Å²) in [5, 5.41) is 14.1. The second-order valence-corrected chi connectivity index (χ2v) is 9.29. The van der Waals surface area contributed by atoms with E-state index in [1.165, 1.54) is 9.80 Å². The Morgan fingerprint density at radius 1 is 1.03 bits per heavy atom. The number of Topliss-reactive ketones (excluding diaryl/α,β-unsaturated/α-hetero) is 1. The summed E-state index contributed by atoms with van der Waals surface area (Å²) in [5.74, 6) is -0.928. The molecule has 8 nitrogen and oxygen atoms in total. The molecule has 9 heteroatoms. The third kappa shape index (κ3) is 4.87. The molecule has 0 aromatic heterocycles. The summed E-state index contributed by atoms with van der Waals surface area (Å²) < 4.78 is 16.6. The summed E-state index contributed by atoms with van der Waals surface area (Å²) in [7, 11) is 0. The number of nitrogens with zero attached hydrogens (tertiary/aromatic N) is 1. The Kier molecular flexibility index (Phi) is 6.95. The molecule has 0 spiro atoms. The first-order chi connectivity index (χ1) is 17.0. The number of nitrogens with one attached hydrogen (secondary N) is 1. The van der Waals surface area contributed by atoms with Crippen molar-refractivity contribution in [1.29, 1.82) is 0 Å². The van der Waals surface area contributed by atoms with Crippen LogP contribution in [0.1, 0.15) is 23.6 Å². The van der Waals surface area contributed by atoms with Crippen LogP contribution in [0.2, 0.25) is 5.02 Å². The van der Waals surface area contributed by atoms with Crippen LogP contribution >= 0.6 is 11.6 Å². The number of halogens is 1. The molecule has 3 aliphatic heterocycles. The Bertz CT molecular complexity index is 1160. The molecular formula is C26H27ClN2O6. The third-order valence-electron chi connectivity index (χ3n) is 6.63. The zero-order chi connectivity index (χ0) is 24.4. The van der Waals surface area contributed by atoms with E-state index in [9.17, 15) is 14.7 Å². The van der Waals surface area contributed by atoms with E-state index >= 15 is 0 Å². The molecule has 0 aliphatic carbocycles. The molecule has 35 heavy (non-hydrogen) atoms. The highest BCUT2D eigenvalue weighted by molar-refractivity contribution is 6.46. The van der Waals surface area contributed by atoms with Crippen LogP contribution in [0, 0.1) is 0 Å². The summed E-state index contributed by atoms with van der Waals surface area (Å²) in [6.07, 6.45) is 0.705. The van der Waals surface area contributed by atoms with E-state index in [-0.39, 0.29) is 11.1 Å². The number of fused-ring (bicyclic) bond motifs is 1. The summed E-state index contributed by atoms with van der Waals surface area (Å²) in [6, 6.07) is 11.0. The number of morpholine rings is 1. The summed E-state index contributed by atoms with van der Waals surface area (Å²) in [4.78, 5) is 29.2. The van der Waals surface area contributed by atoms with Gasteiger partial charge in [0.05, 0.1) is 25.8 Å². The quantitative estimate of drug-likeness (QED) is 0.357. The van der Waals surface area contributed by atoms with Gasteiger partial charge in [-0.15, -0.1) is 0 Å². The first kappa shape index (κ1) is 23.7. The monoisotopic (exact) mass is 498 g/mol. The second kappa shape index (κ2) is 10.3. The maximum Gasteiger partial charge on any atom is 0.295 e. The number of likely N-dealkylation sites (tertiary alicyclic amines) is 1. The topological polar surface area (TPSA) is 92.6 Å². The van der Waals surface area contributed by atoms with Gasteiger partial charge in [0.15, 0.2) is 11.5 Å². The first-order valence-electron chi connectivity index (χ1n) is 11.9. The lowest BCUT2D eigenvalue weighted by molar-refractivity contribution is -0.908. The van der Waals surface area contributed by atoms with E-state index in [1.54, 1.807) is 42.5 Å². The molecule has 3 aliphatic rings. The van der Waals surface area contributed by atoms with Crippen LogP contribution in [0.4, 0.5) is 0 Å². The van der Waals surface area contributed by atoms with Gasteiger partial charge in [0, 0.05) is 23.6 Å². The van der Waals surface area contributed by atoms with E-state index in [2.05, 4.69) is 0 Å². The van der Waals surface area contributed by atoms with Gasteiger partial charge in [-0.25, -0.2) is 0 Å². The highest BCUT2D eigenvalue weighted by atomic mass is 35.5. The van der Waals surface area contributed by atoms with Crippen LogP contribution in [-0.2, 0) is 14.3 Å². The summed E-state index contributed by atoms with van der Waals surface area (Å²) in [6.45, 7) is 5.33. The molecule has 0 radical (unpaired) electrons. The number of ketones is 1. The zero-order valence-corrected chi connectivity index (χ0v) is 20.0. The molecule has 3 heterocycles. The fourth-order valence-corrected chi connectivity index (χ4v) is 5.07. The van der Waals surface area contributed by atoms with Crippen LogP contribution in [0.15, 0.2) is 48.0 Å². The highest BCUT2D eigenvalue weighted by Crippen LogP contribution is 2.40. The number of ether oxygens (including phenoxy) is 3. The van der Waals surface area contributed by atoms with Crippen LogP contribution < -0.4 is 19.5 Å². The number of carbonyl (C=O) groups is 2. The number of rotatable bonds is 6.